The largest absolute Gasteiger partial charge is 0.326 e. The minimum absolute atomic E-state index is 0.111. The van der Waals surface area contributed by atoms with Gasteiger partial charge < -0.3 is 4.57 Å². The summed E-state index contributed by atoms with van der Waals surface area (Å²) in [7, 11) is 0. The van der Waals surface area contributed by atoms with E-state index in [1.807, 2.05) is 71.6 Å². The zero-order valence-corrected chi connectivity index (χ0v) is 13.7. The van der Waals surface area contributed by atoms with Crippen LogP contribution in [-0.4, -0.2) is 21.6 Å². The molecule has 0 spiro atoms. The average molecular weight is 322 g/mol. The van der Waals surface area contributed by atoms with E-state index in [4.69, 9.17) is 0 Å². The third kappa shape index (κ3) is 3.71. The Morgan fingerprint density at radius 3 is 2.48 bits per heavy atom. The maximum atomic E-state index is 13.0. The predicted molar refractivity (Wildman–Crippen MR) is 94.0 cm³/mol. The van der Waals surface area contributed by atoms with Crippen molar-refractivity contribution in [3.05, 3.63) is 84.4 Å². The van der Waals surface area contributed by atoms with Crippen LogP contribution in [0.5, 0.6) is 0 Å². The van der Waals surface area contributed by atoms with E-state index in [0.29, 0.717) is 6.42 Å². The van der Waals surface area contributed by atoms with Gasteiger partial charge in [-0.1, -0.05) is 42.5 Å². The van der Waals surface area contributed by atoms with Gasteiger partial charge in [-0.3, -0.25) is 4.79 Å². The fraction of sp³-hybridized carbons (Fsp3) is 0.158. The minimum Gasteiger partial charge on any atom is -0.326 e. The molecule has 3 nitrogen and oxygen atoms in total. The van der Waals surface area contributed by atoms with Crippen LogP contribution in [0.1, 0.15) is 22.0 Å². The summed E-state index contributed by atoms with van der Waals surface area (Å²) >= 11 is 1.67. The van der Waals surface area contributed by atoms with Crippen molar-refractivity contribution in [3.63, 3.8) is 0 Å². The molecular formula is C19H18N2OS. The fourth-order valence-electron chi connectivity index (χ4n) is 2.57. The highest BCUT2D eigenvalue weighted by Crippen LogP contribution is 2.22. The second-order valence-corrected chi connectivity index (χ2v) is 6.19. The first kappa shape index (κ1) is 15.6. The molecule has 116 valence electrons. The number of hydrogen-bond acceptors (Lipinski definition) is 3. The van der Waals surface area contributed by atoms with Crippen LogP contribution in [0.3, 0.4) is 0 Å². The molecule has 0 bridgehead atoms. The quantitative estimate of drug-likeness (QED) is 0.502. The summed E-state index contributed by atoms with van der Waals surface area (Å²) in [5.74, 6) is 0.111. The van der Waals surface area contributed by atoms with Crippen molar-refractivity contribution in [1.82, 2.24) is 9.55 Å². The van der Waals surface area contributed by atoms with Crippen LogP contribution in [0.4, 0.5) is 0 Å². The molecule has 0 aliphatic rings. The van der Waals surface area contributed by atoms with E-state index in [1.54, 1.807) is 24.3 Å². The maximum absolute atomic E-state index is 13.0. The van der Waals surface area contributed by atoms with Crippen LogP contribution < -0.4 is 0 Å². The van der Waals surface area contributed by atoms with Crippen molar-refractivity contribution in [1.29, 1.82) is 0 Å². The van der Waals surface area contributed by atoms with Gasteiger partial charge in [0, 0.05) is 29.3 Å². The number of thioether (sulfide) groups is 1. The first-order chi connectivity index (χ1) is 11.3. The third-order valence-electron chi connectivity index (χ3n) is 3.83. The molecule has 0 N–H and O–H groups in total. The van der Waals surface area contributed by atoms with E-state index in [2.05, 4.69) is 4.98 Å². The minimum atomic E-state index is -0.278. The number of carbonyl (C=O) groups excluding carboxylic acids is 1. The number of hydrogen-bond donors (Lipinski definition) is 0. The third-order valence-corrected chi connectivity index (χ3v) is 4.58. The first-order valence-corrected chi connectivity index (χ1v) is 8.70. The van der Waals surface area contributed by atoms with Crippen LogP contribution >= 0.6 is 11.8 Å². The standard InChI is InChI=1S/C19H18N2OS/c1-23-17-9-7-16(8-10-17)19(22)18(21-12-11-20-14-21)13-15-5-3-2-4-6-15/h2-12,14,18H,13H2,1H3. The molecule has 1 unspecified atom stereocenters. The van der Waals surface area contributed by atoms with Crippen molar-refractivity contribution >= 4 is 17.5 Å². The fourth-order valence-corrected chi connectivity index (χ4v) is 2.98. The second kappa shape index (κ2) is 7.29. The predicted octanol–water partition coefficient (Wildman–Crippen LogP) is 4.27. The molecule has 1 atom stereocenters. The van der Waals surface area contributed by atoms with Crippen molar-refractivity contribution in [2.24, 2.45) is 0 Å². The van der Waals surface area contributed by atoms with Gasteiger partial charge in [-0.15, -0.1) is 11.8 Å². The SMILES string of the molecule is CSc1ccc(C(=O)C(Cc2ccccc2)n2ccnc2)cc1. The molecule has 4 heteroatoms. The number of nitrogens with zero attached hydrogens (tertiary/aromatic N) is 2. The Kier molecular flexibility index (Phi) is 4.93. The molecule has 0 aliphatic heterocycles. The summed E-state index contributed by atoms with van der Waals surface area (Å²) in [6.45, 7) is 0. The Hall–Kier alpha value is -2.33. The van der Waals surface area contributed by atoms with Crippen molar-refractivity contribution < 1.29 is 4.79 Å². The number of benzene rings is 2. The molecule has 0 aliphatic carbocycles. The lowest BCUT2D eigenvalue weighted by molar-refractivity contribution is 0.0924. The molecule has 0 radical (unpaired) electrons. The van der Waals surface area contributed by atoms with E-state index in [0.717, 1.165) is 16.0 Å². The van der Waals surface area contributed by atoms with Crippen LogP contribution in [-0.2, 0) is 6.42 Å². The van der Waals surface area contributed by atoms with E-state index in [-0.39, 0.29) is 11.8 Å². The average Bonchev–Trinajstić information content (AvgIpc) is 3.14. The van der Waals surface area contributed by atoms with Crippen molar-refractivity contribution in [2.75, 3.05) is 6.26 Å². The molecule has 0 amide bonds. The highest BCUT2D eigenvalue weighted by Gasteiger charge is 2.22. The summed E-state index contributed by atoms with van der Waals surface area (Å²) < 4.78 is 1.89. The molecule has 0 saturated heterocycles. The highest BCUT2D eigenvalue weighted by molar-refractivity contribution is 7.98. The Bertz CT molecular complexity index is 752. The van der Waals surface area contributed by atoms with E-state index < -0.39 is 0 Å². The second-order valence-electron chi connectivity index (χ2n) is 5.31. The van der Waals surface area contributed by atoms with Gasteiger partial charge in [-0.2, -0.15) is 0 Å². The number of rotatable bonds is 6. The molecule has 0 saturated carbocycles. The molecule has 3 aromatic rings. The van der Waals surface area contributed by atoms with Gasteiger partial charge in [0.25, 0.3) is 0 Å². The zero-order chi connectivity index (χ0) is 16.1. The smallest absolute Gasteiger partial charge is 0.185 e. The molecule has 1 aromatic heterocycles. The molecule has 0 fully saturated rings. The number of carbonyl (C=O) groups is 1. The van der Waals surface area contributed by atoms with Gasteiger partial charge in [0.2, 0.25) is 0 Å². The lowest BCUT2D eigenvalue weighted by Gasteiger charge is -2.18. The monoisotopic (exact) mass is 322 g/mol. The number of imidazole rings is 1. The van der Waals surface area contributed by atoms with Crippen molar-refractivity contribution in [3.8, 4) is 0 Å². The summed E-state index contributed by atoms with van der Waals surface area (Å²) in [5, 5.41) is 0. The summed E-state index contributed by atoms with van der Waals surface area (Å²) in [4.78, 5) is 18.2. The van der Waals surface area contributed by atoms with Gasteiger partial charge in [-0.25, -0.2) is 4.98 Å². The van der Waals surface area contributed by atoms with Crippen LogP contribution in [0.25, 0.3) is 0 Å². The van der Waals surface area contributed by atoms with Crippen molar-refractivity contribution in [2.45, 2.75) is 17.4 Å². The Morgan fingerprint density at radius 1 is 1.13 bits per heavy atom. The lowest BCUT2D eigenvalue weighted by atomic mass is 9.97. The molecule has 2 aromatic carbocycles. The maximum Gasteiger partial charge on any atom is 0.185 e. The van der Waals surface area contributed by atoms with E-state index in [1.165, 1.54) is 0 Å². The van der Waals surface area contributed by atoms with Crippen LogP contribution in [0, 0.1) is 0 Å². The molecule has 1 heterocycles. The zero-order valence-electron chi connectivity index (χ0n) is 12.9. The number of aromatic nitrogens is 2. The first-order valence-electron chi connectivity index (χ1n) is 7.47. The molecule has 23 heavy (non-hydrogen) atoms. The summed E-state index contributed by atoms with van der Waals surface area (Å²) in [6.07, 6.45) is 7.95. The molecule has 3 rings (SSSR count). The van der Waals surface area contributed by atoms with Gasteiger partial charge in [-0.05, 0) is 24.0 Å². The van der Waals surface area contributed by atoms with Crippen LogP contribution in [0.15, 0.2) is 78.2 Å². The van der Waals surface area contributed by atoms with Gasteiger partial charge in [0.15, 0.2) is 5.78 Å². The van der Waals surface area contributed by atoms with E-state index >= 15 is 0 Å². The normalized spacial score (nSPS) is 12.0. The summed E-state index contributed by atoms with van der Waals surface area (Å²) in [6, 6.07) is 17.6. The molecular weight excluding hydrogens is 304 g/mol. The Labute approximate surface area is 140 Å². The summed E-state index contributed by atoms with van der Waals surface area (Å²) in [5.41, 5.74) is 1.87. The van der Waals surface area contributed by atoms with Crippen LogP contribution in [0.2, 0.25) is 0 Å². The topological polar surface area (TPSA) is 34.9 Å². The van der Waals surface area contributed by atoms with Gasteiger partial charge in [0.05, 0.1) is 6.33 Å². The highest BCUT2D eigenvalue weighted by atomic mass is 32.2. The van der Waals surface area contributed by atoms with Gasteiger partial charge in [0.1, 0.15) is 6.04 Å². The van der Waals surface area contributed by atoms with E-state index in [9.17, 15) is 4.79 Å². The number of ketones is 1. The Balaban J connectivity index is 1.89. The lowest BCUT2D eigenvalue weighted by Crippen LogP contribution is -2.21. The Morgan fingerprint density at radius 2 is 1.87 bits per heavy atom. The number of Topliss-reactive ketones (excluding diaryl/α,β-unsaturated/α-hetero) is 1. The van der Waals surface area contributed by atoms with Gasteiger partial charge >= 0.3 is 0 Å².